The van der Waals surface area contributed by atoms with Crippen LogP contribution in [0.4, 0.5) is 5.69 Å². The number of carbonyl (C=O) groups excluding carboxylic acids is 3. The number of aryl methyl sites for hydroxylation is 1. The molecule has 3 aromatic carbocycles. The van der Waals surface area contributed by atoms with Crippen LogP contribution in [0.1, 0.15) is 37.6 Å². The van der Waals surface area contributed by atoms with Crippen molar-refractivity contribution in [3.63, 3.8) is 0 Å². The van der Waals surface area contributed by atoms with Gasteiger partial charge in [0.05, 0.1) is 23.4 Å². The highest BCUT2D eigenvalue weighted by Gasteiger charge is 2.30. The standard InChI is InChI=1S/C33H29N3O4S/c1-23-6-4-7-25(20-23)22-36-27-8-2-3-10-29(27)41-30(33(36)39)21-24-11-13-26(14-12-24)31(37)34-15-17-35(18-16-34)32(38)28-9-5-19-40-28/h2-14,19-21H,15-18,22H2,1H3/b30-21+. The molecule has 8 heteroatoms. The third-order valence-electron chi connectivity index (χ3n) is 7.30. The zero-order chi connectivity index (χ0) is 28.3. The van der Waals surface area contributed by atoms with E-state index < -0.39 is 0 Å². The van der Waals surface area contributed by atoms with Crippen molar-refractivity contribution in [2.45, 2.75) is 18.4 Å². The molecule has 2 aliphatic rings. The van der Waals surface area contributed by atoms with E-state index in [1.54, 1.807) is 34.1 Å². The van der Waals surface area contributed by atoms with Crippen molar-refractivity contribution >= 4 is 41.2 Å². The number of rotatable bonds is 5. The Labute approximate surface area is 243 Å². The van der Waals surface area contributed by atoms with Crippen LogP contribution in [-0.2, 0) is 11.3 Å². The molecule has 6 rings (SSSR count). The molecular weight excluding hydrogens is 534 g/mol. The van der Waals surface area contributed by atoms with E-state index in [2.05, 4.69) is 19.1 Å². The summed E-state index contributed by atoms with van der Waals surface area (Å²) in [7, 11) is 0. The van der Waals surface area contributed by atoms with Crippen LogP contribution in [0.5, 0.6) is 0 Å². The summed E-state index contributed by atoms with van der Waals surface area (Å²) >= 11 is 1.47. The Kier molecular flexibility index (Phi) is 7.48. The van der Waals surface area contributed by atoms with E-state index in [0.29, 0.717) is 49.0 Å². The van der Waals surface area contributed by atoms with Gasteiger partial charge in [0, 0.05) is 36.6 Å². The molecule has 2 aliphatic heterocycles. The quantitative estimate of drug-likeness (QED) is 0.284. The maximum absolute atomic E-state index is 13.7. The fourth-order valence-corrected chi connectivity index (χ4v) is 6.20. The Balaban J connectivity index is 1.15. The second-order valence-corrected chi connectivity index (χ2v) is 11.2. The number of amides is 3. The molecule has 3 amide bonds. The monoisotopic (exact) mass is 563 g/mol. The van der Waals surface area contributed by atoms with Crippen LogP contribution < -0.4 is 4.90 Å². The Morgan fingerprint density at radius 3 is 2.29 bits per heavy atom. The van der Waals surface area contributed by atoms with Gasteiger partial charge in [0.15, 0.2) is 5.76 Å². The molecule has 0 aliphatic carbocycles. The van der Waals surface area contributed by atoms with Crippen LogP contribution in [0.15, 0.2) is 105 Å². The van der Waals surface area contributed by atoms with Crippen LogP contribution in [0.25, 0.3) is 6.08 Å². The van der Waals surface area contributed by atoms with E-state index in [1.165, 1.54) is 18.0 Å². The van der Waals surface area contributed by atoms with Gasteiger partial charge in [-0.2, -0.15) is 0 Å². The topological polar surface area (TPSA) is 74.1 Å². The summed E-state index contributed by atoms with van der Waals surface area (Å²) < 4.78 is 5.22. The third kappa shape index (κ3) is 5.69. The predicted molar refractivity (Wildman–Crippen MR) is 160 cm³/mol. The van der Waals surface area contributed by atoms with Crippen molar-refractivity contribution in [1.82, 2.24) is 9.80 Å². The second-order valence-electron chi connectivity index (χ2n) is 10.1. The van der Waals surface area contributed by atoms with Crippen molar-refractivity contribution in [2.24, 2.45) is 0 Å². The van der Waals surface area contributed by atoms with Crippen molar-refractivity contribution in [3.8, 4) is 0 Å². The number of benzene rings is 3. The SMILES string of the molecule is Cc1cccc(CN2C(=O)/C(=C\c3ccc(C(=O)N4CCN(C(=O)c5ccco5)CC4)cc3)Sc3ccccc32)c1. The highest BCUT2D eigenvalue weighted by molar-refractivity contribution is 8.04. The fourth-order valence-electron chi connectivity index (χ4n) is 5.14. The largest absolute Gasteiger partial charge is 0.459 e. The van der Waals surface area contributed by atoms with Gasteiger partial charge in [-0.05, 0) is 60.5 Å². The zero-order valence-corrected chi connectivity index (χ0v) is 23.5. The van der Waals surface area contributed by atoms with Gasteiger partial charge in [-0.3, -0.25) is 14.4 Å². The summed E-state index contributed by atoms with van der Waals surface area (Å²) in [4.78, 5) is 46.3. The first-order chi connectivity index (χ1) is 20.0. The minimum absolute atomic E-state index is 0.0441. The lowest BCUT2D eigenvalue weighted by Crippen LogP contribution is -2.50. The number of thioether (sulfide) groups is 1. The van der Waals surface area contributed by atoms with E-state index in [-0.39, 0.29) is 17.7 Å². The summed E-state index contributed by atoms with van der Waals surface area (Å²) in [5.74, 6) is 0.0357. The van der Waals surface area contributed by atoms with Crippen LogP contribution in [-0.4, -0.2) is 53.7 Å². The van der Waals surface area contributed by atoms with Gasteiger partial charge in [-0.25, -0.2) is 0 Å². The zero-order valence-electron chi connectivity index (χ0n) is 22.7. The molecule has 41 heavy (non-hydrogen) atoms. The van der Waals surface area contributed by atoms with Gasteiger partial charge in [0.2, 0.25) is 0 Å². The van der Waals surface area contributed by atoms with Gasteiger partial charge in [-0.15, -0.1) is 0 Å². The lowest BCUT2D eigenvalue weighted by atomic mass is 10.1. The first-order valence-electron chi connectivity index (χ1n) is 13.5. The van der Waals surface area contributed by atoms with E-state index in [9.17, 15) is 14.4 Å². The second kappa shape index (κ2) is 11.5. The number of anilines is 1. The fraction of sp³-hybridized carbons (Fsp3) is 0.182. The van der Waals surface area contributed by atoms with Gasteiger partial charge in [0.1, 0.15) is 0 Å². The lowest BCUT2D eigenvalue weighted by molar-refractivity contribution is -0.114. The molecule has 0 saturated carbocycles. The van der Waals surface area contributed by atoms with Crippen LogP contribution >= 0.6 is 11.8 Å². The van der Waals surface area contributed by atoms with Crippen LogP contribution in [0.3, 0.4) is 0 Å². The first-order valence-corrected chi connectivity index (χ1v) is 14.4. The van der Waals surface area contributed by atoms with E-state index in [0.717, 1.165) is 27.3 Å². The number of carbonyl (C=O) groups is 3. The number of fused-ring (bicyclic) bond motifs is 1. The molecule has 1 saturated heterocycles. The van der Waals surface area contributed by atoms with Gasteiger partial charge in [-0.1, -0.05) is 65.9 Å². The molecular formula is C33H29N3O4S. The minimum Gasteiger partial charge on any atom is -0.459 e. The first kappa shape index (κ1) is 26.7. The molecule has 1 aromatic heterocycles. The van der Waals surface area contributed by atoms with E-state index in [1.807, 2.05) is 59.5 Å². The highest BCUT2D eigenvalue weighted by Crippen LogP contribution is 2.42. The number of para-hydroxylation sites is 1. The van der Waals surface area contributed by atoms with Crippen LogP contribution in [0, 0.1) is 6.92 Å². The van der Waals surface area contributed by atoms with E-state index in [4.69, 9.17) is 4.42 Å². The van der Waals surface area contributed by atoms with Gasteiger partial charge < -0.3 is 19.1 Å². The third-order valence-corrected chi connectivity index (χ3v) is 8.37. The van der Waals surface area contributed by atoms with E-state index >= 15 is 0 Å². The molecule has 3 heterocycles. The van der Waals surface area contributed by atoms with Crippen molar-refractivity contribution < 1.29 is 18.8 Å². The maximum Gasteiger partial charge on any atom is 0.289 e. The molecule has 0 N–H and O–H groups in total. The summed E-state index contributed by atoms with van der Waals surface area (Å²) in [5.41, 5.74) is 4.57. The number of piperazine rings is 1. The average molecular weight is 564 g/mol. The number of hydrogen-bond acceptors (Lipinski definition) is 5. The molecule has 0 atom stereocenters. The number of nitrogens with zero attached hydrogens (tertiary/aromatic N) is 3. The average Bonchev–Trinajstić information content (AvgIpc) is 3.54. The summed E-state index contributed by atoms with van der Waals surface area (Å²) in [6, 6.07) is 26.8. The molecule has 1 fully saturated rings. The molecule has 0 bridgehead atoms. The normalized spacial score (nSPS) is 16.2. The highest BCUT2D eigenvalue weighted by atomic mass is 32.2. The van der Waals surface area contributed by atoms with Crippen LogP contribution in [0.2, 0.25) is 0 Å². The van der Waals surface area contributed by atoms with Crippen molar-refractivity contribution in [2.75, 3.05) is 31.1 Å². The number of furan rings is 1. The summed E-state index contributed by atoms with van der Waals surface area (Å²) in [5, 5.41) is 0. The molecule has 7 nitrogen and oxygen atoms in total. The Morgan fingerprint density at radius 2 is 1.59 bits per heavy atom. The summed E-state index contributed by atoms with van der Waals surface area (Å²) in [6.07, 6.45) is 3.37. The van der Waals surface area contributed by atoms with Gasteiger partial charge >= 0.3 is 0 Å². The Bertz CT molecular complexity index is 1620. The van der Waals surface area contributed by atoms with Crippen molar-refractivity contribution in [3.05, 3.63) is 124 Å². The Morgan fingerprint density at radius 1 is 0.854 bits per heavy atom. The Hall–Kier alpha value is -4.56. The predicted octanol–water partition coefficient (Wildman–Crippen LogP) is 5.87. The number of hydrogen-bond donors (Lipinski definition) is 0. The minimum atomic E-state index is -0.158. The molecule has 0 unspecified atom stereocenters. The lowest BCUT2D eigenvalue weighted by Gasteiger charge is -2.34. The molecule has 0 radical (unpaired) electrons. The summed E-state index contributed by atoms with van der Waals surface area (Å²) in [6.45, 7) is 4.36. The van der Waals surface area contributed by atoms with Crippen molar-refractivity contribution in [1.29, 1.82) is 0 Å². The van der Waals surface area contributed by atoms with Gasteiger partial charge in [0.25, 0.3) is 17.7 Å². The molecule has 4 aromatic rings. The molecule has 206 valence electrons. The maximum atomic E-state index is 13.7. The smallest absolute Gasteiger partial charge is 0.289 e. The molecule has 0 spiro atoms.